The maximum Gasteiger partial charge on any atom is 0.119 e. The Labute approximate surface area is 129 Å². The van der Waals surface area contributed by atoms with E-state index in [9.17, 15) is 0 Å². The molecule has 21 heavy (non-hydrogen) atoms. The fourth-order valence-corrected chi connectivity index (χ4v) is 3.29. The van der Waals surface area contributed by atoms with Gasteiger partial charge in [0.25, 0.3) is 0 Å². The Kier molecular flexibility index (Phi) is 6.52. The van der Waals surface area contributed by atoms with E-state index in [0.29, 0.717) is 12.6 Å². The Bertz CT molecular complexity index is 404. The molecule has 118 valence electrons. The standard InChI is InChI=1S/C18H30N2O/c1-3-5-15-10-11-20(14-15)18(13-19)16-6-8-17(9-7-16)21-12-4-2/h6-9,15,18H,3-5,10-14,19H2,1-2H3. The Hall–Kier alpha value is -1.06. The topological polar surface area (TPSA) is 38.5 Å². The Morgan fingerprint density at radius 3 is 2.62 bits per heavy atom. The lowest BCUT2D eigenvalue weighted by molar-refractivity contribution is 0.239. The molecule has 2 unspecified atom stereocenters. The van der Waals surface area contributed by atoms with Crippen LogP contribution in [0.15, 0.2) is 24.3 Å². The summed E-state index contributed by atoms with van der Waals surface area (Å²) in [6.07, 6.45) is 4.99. The predicted molar refractivity (Wildman–Crippen MR) is 88.6 cm³/mol. The molecule has 1 saturated heterocycles. The van der Waals surface area contributed by atoms with Crippen molar-refractivity contribution in [1.29, 1.82) is 0 Å². The molecule has 0 bridgehead atoms. The van der Waals surface area contributed by atoms with Crippen molar-refractivity contribution in [1.82, 2.24) is 4.90 Å². The molecule has 0 spiro atoms. The normalized spacial score (nSPS) is 20.6. The van der Waals surface area contributed by atoms with Gasteiger partial charge >= 0.3 is 0 Å². The first-order valence-electron chi connectivity index (χ1n) is 8.45. The molecule has 2 atom stereocenters. The fourth-order valence-electron chi connectivity index (χ4n) is 3.29. The lowest BCUT2D eigenvalue weighted by Gasteiger charge is -2.27. The number of nitrogens with two attached hydrogens (primary N) is 1. The van der Waals surface area contributed by atoms with Gasteiger partial charge in [-0.2, -0.15) is 0 Å². The molecule has 2 rings (SSSR count). The van der Waals surface area contributed by atoms with Crippen molar-refractivity contribution in [2.45, 2.75) is 45.6 Å². The summed E-state index contributed by atoms with van der Waals surface area (Å²) < 4.78 is 5.65. The molecule has 0 aliphatic carbocycles. The van der Waals surface area contributed by atoms with E-state index in [1.165, 1.54) is 37.9 Å². The monoisotopic (exact) mass is 290 g/mol. The maximum atomic E-state index is 6.05. The molecule has 1 aliphatic heterocycles. The van der Waals surface area contributed by atoms with Crippen molar-refractivity contribution in [3.8, 4) is 5.75 Å². The lowest BCUT2D eigenvalue weighted by Crippen LogP contribution is -2.32. The van der Waals surface area contributed by atoms with Crippen molar-refractivity contribution in [3.63, 3.8) is 0 Å². The van der Waals surface area contributed by atoms with Crippen LogP contribution >= 0.6 is 0 Å². The molecule has 1 aromatic rings. The quantitative estimate of drug-likeness (QED) is 0.795. The van der Waals surface area contributed by atoms with Crippen LogP contribution in [0.1, 0.15) is 51.1 Å². The minimum Gasteiger partial charge on any atom is -0.494 e. The lowest BCUT2D eigenvalue weighted by atomic mass is 10.0. The SMILES string of the molecule is CCCOc1ccc(C(CN)N2CCC(CCC)C2)cc1. The number of hydrogen-bond acceptors (Lipinski definition) is 3. The van der Waals surface area contributed by atoms with Gasteiger partial charge in [-0.25, -0.2) is 0 Å². The minimum atomic E-state index is 0.354. The van der Waals surface area contributed by atoms with E-state index in [2.05, 4.69) is 43.0 Å². The van der Waals surface area contributed by atoms with Crippen molar-refractivity contribution in [2.75, 3.05) is 26.2 Å². The highest BCUT2D eigenvalue weighted by Gasteiger charge is 2.27. The first kappa shape index (κ1) is 16.3. The van der Waals surface area contributed by atoms with E-state index in [4.69, 9.17) is 10.5 Å². The third-order valence-corrected chi connectivity index (χ3v) is 4.42. The van der Waals surface area contributed by atoms with Crippen LogP contribution in [0.25, 0.3) is 0 Å². The highest BCUT2D eigenvalue weighted by atomic mass is 16.5. The second kappa shape index (κ2) is 8.40. The summed E-state index contributed by atoms with van der Waals surface area (Å²) in [5.41, 5.74) is 7.37. The van der Waals surface area contributed by atoms with Gasteiger partial charge in [-0.3, -0.25) is 4.90 Å². The van der Waals surface area contributed by atoms with Gasteiger partial charge in [0, 0.05) is 19.1 Å². The largest absolute Gasteiger partial charge is 0.494 e. The molecule has 1 aromatic carbocycles. The molecule has 0 radical (unpaired) electrons. The van der Waals surface area contributed by atoms with Crippen LogP contribution in [0.5, 0.6) is 5.75 Å². The van der Waals surface area contributed by atoms with Crippen LogP contribution in [0.4, 0.5) is 0 Å². The molecule has 1 fully saturated rings. The first-order valence-corrected chi connectivity index (χ1v) is 8.45. The van der Waals surface area contributed by atoms with Crippen molar-refractivity contribution >= 4 is 0 Å². The minimum absolute atomic E-state index is 0.354. The number of nitrogens with zero attached hydrogens (tertiary/aromatic N) is 1. The number of ether oxygens (including phenoxy) is 1. The number of likely N-dealkylation sites (tertiary alicyclic amines) is 1. The van der Waals surface area contributed by atoms with Crippen molar-refractivity contribution in [2.24, 2.45) is 11.7 Å². The molecule has 2 N–H and O–H groups in total. The third kappa shape index (κ3) is 4.45. The molecule has 0 saturated carbocycles. The second-order valence-corrected chi connectivity index (χ2v) is 6.11. The molecule has 1 heterocycles. The van der Waals surface area contributed by atoms with E-state index in [1.807, 2.05) is 0 Å². The van der Waals surface area contributed by atoms with E-state index >= 15 is 0 Å². The third-order valence-electron chi connectivity index (χ3n) is 4.42. The highest BCUT2D eigenvalue weighted by Crippen LogP contribution is 2.30. The van der Waals surface area contributed by atoms with Crippen LogP contribution < -0.4 is 10.5 Å². The van der Waals surface area contributed by atoms with Gasteiger partial charge in [0.1, 0.15) is 5.75 Å². The summed E-state index contributed by atoms with van der Waals surface area (Å²) >= 11 is 0. The Balaban J connectivity index is 1.97. The molecule has 1 aliphatic rings. The van der Waals surface area contributed by atoms with Crippen molar-refractivity contribution in [3.05, 3.63) is 29.8 Å². The van der Waals surface area contributed by atoms with E-state index in [1.54, 1.807) is 0 Å². The molecule has 0 aromatic heterocycles. The van der Waals surface area contributed by atoms with Crippen LogP contribution in [0, 0.1) is 5.92 Å². The summed E-state index contributed by atoms with van der Waals surface area (Å²) in [5, 5.41) is 0. The number of hydrogen-bond donors (Lipinski definition) is 1. The fraction of sp³-hybridized carbons (Fsp3) is 0.667. The molecule has 0 amide bonds. The first-order chi connectivity index (χ1) is 10.3. The van der Waals surface area contributed by atoms with Gasteiger partial charge < -0.3 is 10.5 Å². The smallest absolute Gasteiger partial charge is 0.119 e. The molecular weight excluding hydrogens is 260 g/mol. The summed E-state index contributed by atoms with van der Waals surface area (Å²) in [6.45, 7) is 8.25. The molecular formula is C18H30N2O. The van der Waals surface area contributed by atoms with Gasteiger partial charge in [0.2, 0.25) is 0 Å². The van der Waals surface area contributed by atoms with Gasteiger partial charge in [0.05, 0.1) is 6.61 Å². The summed E-state index contributed by atoms with van der Waals surface area (Å²) in [7, 11) is 0. The average molecular weight is 290 g/mol. The van der Waals surface area contributed by atoms with Gasteiger partial charge in [-0.05, 0) is 49.4 Å². The predicted octanol–water partition coefficient (Wildman–Crippen LogP) is 3.60. The maximum absolute atomic E-state index is 6.05. The van der Waals surface area contributed by atoms with Gasteiger partial charge in [0.15, 0.2) is 0 Å². The summed E-state index contributed by atoms with van der Waals surface area (Å²) in [6, 6.07) is 8.86. The van der Waals surface area contributed by atoms with Crippen LogP contribution in [0.2, 0.25) is 0 Å². The Morgan fingerprint density at radius 1 is 1.24 bits per heavy atom. The van der Waals surface area contributed by atoms with E-state index < -0.39 is 0 Å². The van der Waals surface area contributed by atoms with E-state index in [-0.39, 0.29) is 0 Å². The zero-order valence-corrected chi connectivity index (χ0v) is 13.6. The van der Waals surface area contributed by atoms with Crippen LogP contribution in [-0.2, 0) is 0 Å². The number of rotatable bonds is 8. The summed E-state index contributed by atoms with van der Waals surface area (Å²) in [4.78, 5) is 2.56. The zero-order valence-electron chi connectivity index (χ0n) is 13.6. The van der Waals surface area contributed by atoms with Gasteiger partial charge in [-0.15, -0.1) is 0 Å². The number of benzene rings is 1. The zero-order chi connectivity index (χ0) is 15.1. The highest BCUT2D eigenvalue weighted by molar-refractivity contribution is 5.29. The summed E-state index contributed by atoms with van der Waals surface area (Å²) in [5.74, 6) is 1.82. The molecule has 3 nitrogen and oxygen atoms in total. The van der Waals surface area contributed by atoms with Crippen LogP contribution in [0.3, 0.4) is 0 Å². The Morgan fingerprint density at radius 2 is 2.00 bits per heavy atom. The van der Waals surface area contributed by atoms with Crippen LogP contribution in [-0.4, -0.2) is 31.1 Å². The van der Waals surface area contributed by atoms with E-state index in [0.717, 1.165) is 24.7 Å². The van der Waals surface area contributed by atoms with Crippen molar-refractivity contribution < 1.29 is 4.74 Å². The average Bonchev–Trinajstić information content (AvgIpc) is 2.96. The van der Waals surface area contributed by atoms with Gasteiger partial charge in [-0.1, -0.05) is 32.4 Å². The second-order valence-electron chi connectivity index (χ2n) is 6.11. The molecule has 3 heteroatoms.